The third-order valence-electron chi connectivity index (χ3n) is 3.75. The summed E-state index contributed by atoms with van der Waals surface area (Å²) in [4.78, 5) is 28.5. The SMILES string of the molecule is CC(OC(=O)c1ccc2nc(Cl)ccc2c1)C(=O)Nc1c(F)cccc1F. The monoisotopic (exact) mass is 390 g/mol. The molecule has 0 aliphatic rings. The number of aromatic nitrogens is 1. The number of carbonyl (C=O) groups excluding carboxylic acids is 2. The zero-order valence-electron chi connectivity index (χ0n) is 14.0. The van der Waals surface area contributed by atoms with Gasteiger partial charge in [0.1, 0.15) is 22.5 Å². The number of amides is 1. The lowest BCUT2D eigenvalue weighted by Gasteiger charge is -2.14. The van der Waals surface area contributed by atoms with Crippen molar-refractivity contribution in [2.75, 3.05) is 5.32 Å². The van der Waals surface area contributed by atoms with Crippen molar-refractivity contribution in [3.8, 4) is 0 Å². The molecule has 3 aromatic rings. The van der Waals surface area contributed by atoms with Gasteiger partial charge in [0.15, 0.2) is 6.10 Å². The van der Waals surface area contributed by atoms with Crippen LogP contribution in [-0.4, -0.2) is 23.0 Å². The van der Waals surface area contributed by atoms with Crippen LogP contribution in [0.5, 0.6) is 0 Å². The van der Waals surface area contributed by atoms with E-state index in [0.29, 0.717) is 16.1 Å². The van der Waals surface area contributed by atoms with E-state index >= 15 is 0 Å². The number of rotatable bonds is 4. The standard InChI is InChI=1S/C19H13ClF2N2O3/c1-10(18(25)24-17-13(21)3-2-4-14(17)22)27-19(26)12-5-7-15-11(9-12)6-8-16(20)23-15/h2-10H,1H3,(H,24,25). The van der Waals surface area contributed by atoms with Crippen LogP contribution in [0.25, 0.3) is 10.9 Å². The van der Waals surface area contributed by atoms with Gasteiger partial charge in [-0.2, -0.15) is 0 Å². The largest absolute Gasteiger partial charge is 0.449 e. The first-order chi connectivity index (χ1) is 12.8. The minimum absolute atomic E-state index is 0.198. The maximum atomic E-state index is 13.6. The minimum atomic E-state index is -1.27. The molecule has 1 amide bonds. The number of benzene rings is 2. The van der Waals surface area contributed by atoms with Crippen molar-refractivity contribution in [3.05, 3.63) is 70.9 Å². The van der Waals surface area contributed by atoms with Crippen LogP contribution in [0.4, 0.5) is 14.5 Å². The molecule has 0 radical (unpaired) electrons. The van der Waals surface area contributed by atoms with Crippen LogP contribution >= 0.6 is 11.6 Å². The summed E-state index contributed by atoms with van der Waals surface area (Å²) < 4.78 is 32.3. The first-order valence-electron chi connectivity index (χ1n) is 7.87. The summed E-state index contributed by atoms with van der Waals surface area (Å²) in [6, 6.07) is 11.1. The van der Waals surface area contributed by atoms with E-state index in [-0.39, 0.29) is 5.56 Å². The number of carbonyl (C=O) groups is 2. The topological polar surface area (TPSA) is 68.3 Å². The molecule has 0 bridgehead atoms. The summed E-state index contributed by atoms with van der Waals surface area (Å²) in [7, 11) is 0. The van der Waals surface area contributed by atoms with E-state index in [1.165, 1.54) is 19.1 Å². The van der Waals surface area contributed by atoms with Crippen molar-refractivity contribution < 1.29 is 23.1 Å². The van der Waals surface area contributed by atoms with Crippen LogP contribution in [0, 0.1) is 11.6 Å². The molecule has 0 saturated carbocycles. The summed E-state index contributed by atoms with van der Waals surface area (Å²) in [6.45, 7) is 1.30. The molecular formula is C19H13ClF2N2O3. The van der Waals surface area contributed by atoms with Crippen molar-refractivity contribution in [3.63, 3.8) is 0 Å². The molecule has 3 rings (SSSR count). The molecule has 27 heavy (non-hydrogen) atoms. The Bertz CT molecular complexity index is 1020. The number of hydrogen-bond acceptors (Lipinski definition) is 4. The number of fused-ring (bicyclic) bond motifs is 1. The van der Waals surface area contributed by atoms with E-state index in [0.717, 1.165) is 12.1 Å². The predicted octanol–water partition coefficient (Wildman–Crippen LogP) is 4.35. The second-order valence-electron chi connectivity index (χ2n) is 5.67. The number of ether oxygens (including phenoxy) is 1. The first kappa shape index (κ1) is 18.7. The van der Waals surface area contributed by atoms with Crippen LogP contribution in [0.1, 0.15) is 17.3 Å². The number of para-hydroxylation sites is 1. The average molecular weight is 391 g/mol. The molecule has 5 nitrogen and oxygen atoms in total. The van der Waals surface area contributed by atoms with E-state index in [9.17, 15) is 18.4 Å². The zero-order chi connectivity index (χ0) is 19.6. The van der Waals surface area contributed by atoms with Gasteiger partial charge in [0.25, 0.3) is 5.91 Å². The Morgan fingerprint density at radius 3 is 2.52 bits per heavy atom. The number of hydrogen-bond donors (Lipinski definition) is 1. The second-order valence-corrected chi connectivity index (χ2v) is 6.06. The molecule has 0 fully saturated rings. The number of nitrogens with zero attached hydrogens (tertiary/aromatic N) is 1. The molecule has 0 aliphatic carbocycles. The Kier molecular flexibility index (Phi) is 5.32. The van der Waals surface area contributed by atoms with Crippen LogP contribution in [-0.2, 0) is 9.53 Å². The maximum Gasteiger partial charge on any atom is 0.338 e. The molecule has 8 heteroatoms. The summed E-state index contributed by atoms with van der Waals surface area (Å²) in [5.74, 6) is -3.48. The van der Waals surface area contributed by atoms with Crippen LogP contribution in [0.3, 0.4) is 0 Å². The quantitative estimate of drug-likeness (QED) is 0.531. The highest BCUT2D eigenvalue weighted by atomic mass is 35.5. The normalized spacial score (nSPS) is 11.9. The van der Waals surface area contributed by atoms with Crippen molar-refractivity contribution >= 4 is 40.1 Å². The molecular weight excluding hydrogens is 378 g/mol. The lowest BCUT2D eigenvalue weighted by atomic mass is 10.1. The van der Waals surface area contributed by atoms with Gasteiger partial charge >= 0.3 is 5.97 Å². The van der Waals surface area contributed by atoms with Gasteiger partial charge in [-0.05, 0) is 49.4 Å². The van der Waals surface area contributed by atoms with Gasteiger partial charge in [-0.15, -0.1) is 0 Å². The molecule has 1 atom stereocenters. The maximum absolute atomic E-state index is 13.6. The fourth-order valence-corrected chi connectivity index (χ4v) is 2.51. The van der Waals surface area contributed by atoms with Gasteiger partial charge in [0.05, 0.1) is 11.1 Å². The molecule has 1 unspecified atom stereocenters. The number of pyridine rings is 1. The van der Waals surface area contributed by atoms with Crippen molar-refractivity contribution in [1.82, 2.24) is 4.98 Å². The molecule has 2 aromatic carbocycles. The Hall–Kier alpha value is -3.06. The van der Waals surface area contributed by atoms with Crippen LogP contribution < -0.4 is 5.32 Å². The van der Waals surface area contributed by atoms with Gasteiger partial charge in [0.2, 0.25) is 0 Å². The fourth-order valence-electron chi connectivity index (χ4n) is 2.35. The summed E-state index contributed by atoms with van der Waals surface area (Å²) in [5.41, 5.74) is 0.197. The van der Waals surface area contributed by atoms with Gasteiger partial charge in [-0.3, -0.25) is 4.79 Å². The summed E-state index contributed by atoms with van der Waals surface area (Å²) in [5, 5.41) is 3.07. The van der Waals surface area contributed by atoms with Crippen molar-refractivity contribution in [1.29, 1.82) is 0 Å². The van der Waals surface area contributed by atoms with Gasteiger partial charge in [-0.25, -0.2) is 18.6 Å². The third kappa shape index (κ3) is 4.20. The van der Waals surface area contributed by atoms with Crippen LogP contribution in [0.15, 0.2) is 48.5 Å². The minimum Gasteiger partial charge on any atom is -0.449 e. The van der Waals surface area contributed by atoms with E-state index in [2.05, 4.69) is 10.3 Å². The molecule has 0 saturated heterocycles. The summed E-state index contributed by atoms with van der Waals surface area (Å²) >= 11 is 5.81. The highest BCUT2D eigenvalue weighted by Gasteiger charge is 2.21. The van der Waals surface area contributed by atoms with E-state index < -0.39 is 35.3 Å². The highest BCUT2D eigenvalue weighted by molar-refractivity contribution is 6.29. The average Bonchev–Trinajstić information content (AvgIpc) is 2.64. The number of nitrogens with one attached hydrogen (secondary N) is 1. The molecule has 1 N–H and O–H groups in total. The van der Waals surface area contributed by atoms with Crippen molar-refractivity contribution in [2.45, 2.75) is 13.0 Å². The zero-order valence-corrected chi connectivity index (χ0v) is 14.8. The van der Waals surface area contributed by atoms with Crippen LogP contribution in [0.2, 0.25) is 5.15 Å². The summed E-state index contributed by atoms with van der Waals surface area (Å²) in [6.07, 6.45) is -1.27. The Morgan fingerprint density at radius 2 is 1.81 bits per heavy atom. The Labute approximate surface area is 157 Å². The van der Waals surface area contributed by atoms with Crippen molar-refractivity contribution in [2.24, 2.45) is 0 Å². The van der Waals surface area contributed by atoms with E-state index in [1.807, 2.05) is 0 Å². The number of esters is 1. The van der Waals surface area contributed by atoms with E-state index in [1.54, 1.807) is 24.3 Å². The number of anilines is 1. The Morgan fingerprint density at radius 1 is 1.11 bits per heavy atom. The molecule has 0 spiro atoms. The van der Waals surface area contributed by atoms with Gasteiger partial charge in [0, 0.05) is 5.39 Å². The third-order valence-corrected chi connectivity index (χ3v) is 3.97. The molecule has 1 aromatic heterocycles. The first-order valence-corrected chi connectivity index (χ1v) is 8.25. The highest BCUT2D eigenvalue weighted by Crippen LogP contribution is 2.20. The molecule has 138 valence electrons. The lowest BCUT2D eigenvalue weighted by molar-refractivity contribution is -0.123. The second kappa shape index (κ2) is 7.67. The van der Waals surface area contributed by atoms with E-state index in [4.69, 9.17) is 16.3 Å². The fraction of sp³-hybridized carbons (Fsp3) is 0.105. The lowest BCUT2D eigenvalue weighted by Crippen LogP contribution is -2.30. The van der Waals surface area contributed by atoms with Gasteiger partial charge < -0.3 is 10.1 Å². The Balaban J connectivity index is 1.71. The predicted molar refractivity (Wildman–Crippen MR) is 96.6 cm³/mol. The van der Waals surface area contributed by atoms with Gasteiger partial charge in [-0.1, -0.05) is 17.7 Å². The smallest absolute Gasteiger partial charge is 0.338 e. The molecule has 0 aliphatic heterocycles. The number of halogens is 3. The molecule has 1 heterocycles.